The van der Waals surface area contributed by atoms with Crippen LogP contribution in [-0.2, 0) is 24.3 Å². The van der Waals surface area contributed by atoms with Crippen molar-refractivity contribution >= 4 is 17.0 Å². The molecule has 0 unspecified atom stereocenters. The van der Waals surface area contributed by atoms with Crippen LogP contribution in [0.5, 0.6) is 5.88 Å². The molecule has 0 aliphatic heterocycles. The molecule has 5 aromatic rings. The van der Waals surface area contributed by atoms with Crippen LogP contribution in [-0.4, -0.2) is 39.3 Å². The van der Waals surface area contributed by atoms with E-state index in [9.17, 15) is 9.90 Å². The fraction of sp³-hybridized carbons (Fsp3) is 0.167. The first-order chi connectivity index (χ1) is 18.1. The average molecular weight is 494 g/mol. The van der Waals surface area contributed by atoms with E-state index in [2.05, 4.69) is 17.1 Å². The molecule has 37 heavy (non-hydrogen) atoms. The van der Waals surface area contributed by atoms with Gasteiger partial charge >= 0.3 is 5.97 Å². The first-order valence-electron chi connectivity index (χ1n) is 12.1. The molecule has 0 amide bonds. The van der Waals surface area contributed by atoms with Crippen LogP contribution in [0.1, 0.15) is 27.3 Å². The standard InChI is InChI=1S/C30H27N3O4/c1-36-17-16-33-27-19-24(30(34)35)14-15-26(27)31-28(33)18-21-10-12-23(13-11-21)25-8-5-9-29(32-25)37-20-22-6-3-2-4-7-22/h2-15,19H,16-18,20H2,1H3,(H,34,35). The van der Waals surface area contributed by atoms with Crippen LogP contribution in [0.4, 0.5) is 0 Å². The molecular formula is C30H27N3O4. The number of carboxylic acids is 1. The molecule has 0 saturated heterocycles. The van der Waals surface area contributed by atoms with E-state index in [-0.39, 0.29) is 5.56 Å². The van der Waals surface area contributed by atoms with E-state index in [1.807, 2.05) is 65.2 Å². The van der Waals surface area contributed by atoms with Crippen molar-refractivity contribution in [2.75, 3.05) is 13.7 Å². The number of fused-ring (bicyclic) bond motifs is 1. The van der Waals surface area contributed by atoms with Crippen LogP contribution < -0.4 is 4.74 Å². The minimum Gasteiger partial charge on any atom is -0.478 e. The number of nitrogens with zero attached hydrogens (tertiary/aromatic N) is 3. The fourth-order valence-corrected chi connectivity index (χ4v) is 4.24. The highest BCUT2D eigenvalue weighted by atomic mass is 16.5. The van der Waals surface area contributed by atoms with Crippen LogP contribution in [0.2, 0.25) is 0 Å². The number of pyridine rings is 1. The number of aromatic carboxylic acids is 1. The molecule has 0 saturated carbocycles. The summed E-state index contributed by atoms with van der Waals surface area (Å²) >= 11 is 0. The van der Waals surface area contributed by atoms with Gasteiger partial charge in [0, 0.05) is 31.7 Å². The van der Waals surface area contributed by atoms with Crippen LogP contribution >= 0.6 is 0 Å². The number of carbonyl (C=O) groups is 1. The van der Waals surface area contributed by atoms with Crippen molar-refractivity contribution in [2.24, 2.45) is 0 Å². The van der Waals surface area contributed by atoms with Gasteiger partial charge in [0.2, 0.25) is 5.88 Å². The Morgan fingerprint density at radius 2 is 1.70 bits per heavy atom. The predicted molar refractivity (Wildman–Crippen MR) is 142 cm³/mol. The number of ether oxygens (including phenoxy) is 2. The third-order valence-electron chi connectivity index (χ3n) is 6.16. The minimum absolute atomic E-state index is 0.240. The van der Waals surface area contributed by atoms with Crippen molar-refractivity contribution in [1.82, 2.24) is 14.5 Å². The average Bonchev–Trinajstić information content (AvgIpc) is 3.27. The first-order valence-corrected chi connectivity index (χ1v) is 12.1. The molecule has 0 aliphatic carbocycles. The highest BCUT2D eigenvalue weighted by Gasteiger charge is 2.14. The van der Waals surface area contributed by atoms with E-state index >= 15 is 0 Å². The summed E-state index contributed by atoms with van der Waals surface area (Å²) in [5.41, 5.74) is 5.81. The topological polar surface area (TPSA) is 86.5 Å². The monoisotopic (exact) mass is 493 g/mol. The van der Waals surface area contributed by atoms with Crippen LogP contribution in [0.3, 0.4) is 0 Å². The number of hydrogen-bond acceptors (Lipinski definition) is 5. The van der Waals surface area contributed by atoms with E-state index in [0.29, 0.717) is 32.1 Å². The second-order valence-electron chi connectivity index (χ2n) is 8.69. The van der Waals surface area contributed by atoms with Crippen molar-refractivity contribution in [1.29, 1.82) is 0 Å². The van der Waals surface area contributed by atoms with Gasteiger partial charge in [0.05, 0.1) is 28.9 Å². The molecule has 0 spiro atoms. The maximum absolute atomic E-state index is 11.5. The van der Waals surface area contributed by atoms with Gasteiger partial charge in [0.25, 0.3) is 0 Å². The number of aromatic nitrogens is 3. The van der Waals surface area contributed by atoms with Crippen LogP contribution in [0, 0.1) is 0 Å². The maximum Gasteiger partial charge on any atom is 0.335 e. The van der Waals surface area contributed by atoms with Gasteiger partial charge in [-0.05, 0) is 35.4 Å². The molecule has 0 aliphatic rings. The van der Waals surface area contributed by atoms with E-state index in [1.54, 1.807) is 25.3 Å². The molecule has 1 N–H and O–H groups in total. The molecule has 2 heterocycles. The van der Waals surface area contributed by atoms with E-state index in [1.165, 1.54) is 0 Å². The quantitative estimate of drug-likeness (QED) is 0.272. The summed E-state index contributed by atoms with van der Waals surface area (Å²) in [5.74, 6) is 0.483. The third-order valence-corrected chi connectivity index (χ3v) is 6.16. The first kappa shape index (κ1) is 24.2. The van der Waals surface area contributed by atoms with Gasteiger partial charge in [-0.15, -0.1) is 0 Å². The summed E-state index contributed by atoms with van der Waals surface area (Å²) in [5, 5.41) is 9.41. The molecule has 7 heteroatoms. The largest absolute Gasteiger partial charge is 0.478 e. The van der Waals surface area contributed by atoms with Crippen molar-refractivity contribution in [2.45, 2.75) is 19.6 Å². The Kier molecular flexibility index (Phi) is 7.23. The Labute approximate surface area is 215 Å². The zero-order chi connectivity index (χ0) is 25.6. The van der Waals surface area contributed by atoms with Gasteiger partial charge < -0.3 is 19.1 Å². The van der Waals surface area contributed by atoms with E-state index < -0.39 is 5.97 Å². The van der Waals surface area contributed by atoms with E-state index in [4.69, 9.17) is 14.5 Å². The van der Waals surface area contributed by atoms with Gasteiger partial charge in [0.15, 0.2) is 0 Å². The third kappa shape index (κ3) is 5.68. The summed E-state index contributed by atoms with van der Waals surface area (Å²) in [4.78, 5) is 20.9. The zero-order valence-corrected chi connectivity index (χ0v) is 20.5. The smallest absolute Gasteiger partial charge is 0.335 e. The molecule has 2 aromatic heterocycles. The number of benzene rings is 3. The summed E-state index contributed by atoms with van der Waals surface area (Å²) < 4.78 is 13.2. The highest BCUT2D eigenvalue weighted by Crippen LogP contribution is 2.24. The Morgan fingerprint density at radius 1 is 0.892 bits per heavy atom. The molecule has 3 aromatic carbocycles. The molecule has 0 radical (unpaired) electrons. The molecule has 7 nitrogen and oxygen atoms in total. The van der Waals surface area contributed by atoms with Gasteiger partial charge in [-0.3, -0.25) is 0 Å². The summed E-state index contributed by atoms with van der Waals surface area (Å²) in [7, 11) is 1.65. The molecule has 0 bridgehead atoms. The lowest BCUT2D eigenvalue weighted by Crippen LogP contribution is -2.09. The maximum atomic E-state index is 11.5. The zero-order valence-electron chi connectivity index (χ0n) is 20.5. The molecule has 0 fully saturated rings. The van der Waals surface area contributed by atoms with Gasteiger partial charge in [0.1, 0.15) is 12.4 Å². The summed E-state index contributed by atoms with van der Waals surface area (Å²) in [6.07, 6.45) is 0.606. The van der Waals surface area contributed by atoms with Crippen LogP contribution in [0.25, 0.3) is 22.3 Å². The normalized spacial score (nSPS) is 11.1. The van der Waals surface area contributed by atoms with Gasteiger partial charge in [-0.1, -0.05) is 60.7 Å². The Bertz CT molecular complexity index is 1510. The second kappa shape index (κ2) is 11.1. The SMILES string of the molecule is COCCn1c(Cc2ccc(-c3cccc(OCc4ccccc4)n3)cc2)nc2ccc(C(=O)O)cc21. The summed E-state index contributed by atoms with van der Waals surface area (Å²) in [6, 6.07) is 29.0. The Balaban J connectivity index is 1.34. The number of carboxylic acid groups (broad SMARTS) is 1. The van der Waals surface area contributed by atoms with Crippen molar-refractivity contribution < 1.29 is 19.4 Å². The van der Waals surface area contributed by atoms with Crippen molar-refractivity contribution in [3.05, 3.63) is 114 Å². The Hall–Kier alpha value is -4.49. The summed E-state index contributed by atoms with van der Waals surface area (Å²) in [6.45, 7) is 1.56. The Morgan fingerprint density at radius 3 is 2.46 bits per heavy atom. The number of hydrogen-bond donors (Lipinski definition) is 1. The minimum atomic E-state index is -0.957. The lowest BCUT2D eigenvalue weighted by molar-refractivity contribution is 0.0697. The number of methoxy groups -OCH3 is 1. The van der Waals surface area contributed by atoms with Crippen molar-refractivity contribution in [3.63, 3.8) is 0 Å². The number of rotatable bonds is 10. The van der Waals surface area contributed by atoms with Gasteiger partial charge in [-0.2, -0.15) is 0 Å². The second-order valence-corrected chi connectivity index (χ2v) is 8.69. The van der Waals surface area contributed by atoms with Crippen molar-refractivity contribution in [3.8, 4) is 17.1 Å². The molecule has 186 valence electrons. The lowest BCUT2D eigenvalue weighted by Gasteiger charge is -2.10. The number of imidazole rings is 1. The fourth-order valence-electron chi connectivity index (χ4n) is 4.24. The lowest BCUT2D eigenvalue weighted by atomic mass is 10.1. The predicted octanol–water partition coefficient (Wildman–Crippen LogP) is 5.61. The molecular weight excluding hydrogens is 466 g/mol. The highest BCUT2D eigenvalue weighted by molar-refractivity contribution is 5.92. The van der Waals surface area contributed by atoms with Crippen LogP contribution in [0.15, 0.2) is 91.0 Å². The molecule has 5 rings (SSSR count). The molecule has 0 atom stereocenters. The van der Waals surface area contributed by atoms with Gasteiger partial charge in [-0.25, -0.2) is 14.8 Å². The van der Waals surface area contributed by atoms with E-state index in [0.717, 1.165) is 39.2 Å².